The van der Waals surface area contributed by atoms with Crippen molar-refractivity contribution in [3.8, 4) is 0 Å². The molecule has 22 heavy (non-hydrogen) atoms. The Kier molecular flexibility index (Phi) is 5.00. The first-order chi connectivity index (χ1) is 10.5. The largest absolute Gasteiger partial charge is 0.391 e. The summed E-state index contributed by atoms with van der Waals surface area (Å²) in [6, 6.07) is 7.92. The van der Waals surface area contributed by atoms with Crippen molar-refractivity contribution in [2.45, 2.75) is 32.9 Å². The molecule has 1 amide bonds. The minimum atomic E-state index is -1.03. The van der Waals surface area contributed by atoms with Crippen LogP contribution < -0.4 is 5.32 Å². The van der Waals surface area contributed by atoms with Gasteiger partial charge in [-0.3, -0.25) is 4.79 Å². The first-order valence-corrected chi connectivity index (χ1v) is 6.86. The van der Waals surface area contributed by atoms with Crippen LogP contribution >= 0.6 is 0 Å². The van der Waals surface area contributed by atoms with Crippen molar-refractivity contribution in [3.63, 3.8) is 0 Å². The Bertz CT molecular complexity index is 679. The molecular weight excluding hydrogens is 284 g/mol. The molecule has 0 fully saturated rings. The van der Waals surface area contributed by atoms with Crippen molar-refractivity contribution in [3.05, 3.63) is 41.7 Å². The van der Waals surface area contributed by atoms with Gasteiger partial charge >= 0.3 is 0 Å². The van der Waals surface area contributed by atoms with Crippen LogP contribution in [0, 0.1) is 13.8 Å². The van der Waals surface area contributed by atoms with Crippen molar-refractivity contribution < 1.29 is 14.4 Å². The maximum atomic E-state index is 12.3. The third-order valence-electron chi connectivity index (χ3n) is 3.03. The molecule has 7 heteroatoms. The number of hydrogen-bond acceptors (Lipinski definition) is 6. The second-order valence-corrected chi connectivity index (χ2v) is 5.00. The molecule has 0 saturated carbocycles. The molecule has 0 radical (unpaired) electrons. The predicted octanol–water partition coefficient (Wildman–Crippen LogP) is 2.76. The van der Waals surface area contributed by atoms with Crippen LogP contribution in [-0.2, 0) is 4.79 Å². The smallest absolute Gasteiger partial charge is 0.253 e. The van der Waals surface area contributed by atoms with E-state index in [2.05, 4.69) is 20.7 Å². The number of aryl methyl sites for hydroxylation is 2. The van der Waals surface area contributed by atoms with Crippen LogP contribution in [0.5, 0.6) is 0 Å². The van der Waals surface area contributed by atoms with E-state index in [9.17, 15) is 9.90 Å². The summed E-state index contributed by atoms with van der Waals surface area (Å²) in [4.78, 5) is 12.3. The van der Waals surface area contributed by atoms with Gasteiger partial charge in [-0.2, -0.15) is 5.11 Å². The zero-order valence-corrected chi connectivity index (χ0v) is 12.6. The lowest BCUT2D eigenvalue weighted by atomic mass is 10.1. The zero-order chi connectivity index (χ0) is 16.1. The number of carbonyl (C=O) groups excluding carboxylic acids is 1. The number of rotatable bonds is 5. The Morgan fingerprint density at radius 1 is 1.36 bits per heavy atom. The molecule has 2 unspecified atom stereocenters. The minimum absolute atomic E-state index is 0.256. The number of para-hydroxylation sites is 1. The van der Waals surface area contributed by atoms with Gasteiger partial charge in [-0.15, -0.1) is 5.11 Å². The third-order valence-corrected chi connectivity index (χ3v) is 3.03. The van der Waals surface area contributed by atoms with Gasteiger partial charge < -0.3 is 14.9 Å². The zero-order valence-electron chi connectivity index (χ0n) is 12.6. The molecule has 1 aromatic heterocycles. The number of aliphatic hydroxyl groups is 1. The lowest BCUT2D eigenvalue weighted by Crippen LogP contribution is -2.35. The second-order valence-electron chi connectivity index (χ2n) is 5.00. The van der Waals surface area contributed by atoms with Crippen LogP contribution in [0.1, 0.15) is 18.2 Å². The van der Waals surface area contributed by atoms with E-state index in [4.69, 9.17) is 4.52 Å². The number of anilines is 1. The van der Waals surface area contributed by atoms with Crippen LogP contribution in [0.2, 0.25) is 0 Å². The lowest BCUT2D eigenvalue weighted by Gasteiger charge is -2.15. The molecule has 1 heterocycles. The highest BCUT2D eigenvalue weighted by Gasteiger charge is 2.24. The number of benzene rings is 1. The molecule has 116 valence electrons. The van der Waals surface area contributed by atoms with Crippen molar-refractivity contribution in [2.24, 2.45) is 10.2 Å². The highest BCUT2D eigenvalue weighted by Crippen LogP contribution is 2.16. The average molecular weight is 302 g/mol. The summed E-state index contributed by atoms with van der Waals surface area (Å²) in [6.07, 6.45) is -0.985. The second kappa shape index (κ2) is 6.95. The summed E-state index contributed by atoms with van der Waals surface area (Å²) in [5, 5.41) is 23.9. The van der Waals surface area contributed by atoms with Gasteiger partial charge in [0, 0.05) is 11.8 Å². The van der Waals surface area contributed by atoms with Gasteiger partial charge in [0.05, 0.1) is 6.10 Å². The van der Waals surface area contributed by atoms with Gasteiger partial charge in [0.1, 0.15) is 5.76 Å². The van der Waals surface area contributed by atoms with Crippen molar-refractivity contribution in [2.75, 3.05) is 5.32 Å². The number of carbonyl (C=O) groups is 1. The normalized spacial score (nSPS) is 14.0. The molecule has 0 bridgehead atoms. The first-order valence-electron chi connectivity index (χ1n) is 6.86. The number of nitrogens with zero attached hydrogens (tertiary/aromatic N) is 3. The summed E-state index contributed by atoms with van der Waals surface area (Å²) in [5.41, 5.74) is 1.59. The van der Waals surface area contributed by atoms with E-state index >= 15 is 0 Å². The number of aliphatic hydroxyl groups excluding tert-OH is 1. The number of aromatic nitrogens is 1. The maximum Gasteiger partial charge on any atom is 0.253 e. The molecule has 1 aromatic carbocycles. The Morgan fingerprint density at radius 2 is 2.09 bits per heavy atom. The maximum absolute atomic E-state index is 12.3. The quantitative estimate of drug-likeness (QED) is 0.829. The molecule has 0 aliphatic rings. The highest BCUT2D eigenvalue weighted by atomic mass is 16.5. The summed E-state index contributed by atoms with van der Waals surface area (Å²) < 4.78 is 4.86. The van der Waals surface area contributed by atoms with E-state index in [1.54, 1.807) is 19.1 Å². The van der Waals surface area contributed by atoms with Crippen LogP contribution in [0.3, 0.4) is 0 Å². The molecular formula is C15H18N4O3. The van der Waals surface area contributed by atoms with Crippen molar-refractivity contribution >= 4 is 17.4 Å². The number of nitrogens with one attached hydrogen (secondary N) is 1. The fourth-order valence-corrected chi connectivity index (χ4v) is 1.81. The summed E-state index contributed by atoms with van der Waals surface area (Å²) in [5.74, 6) is 0.409. The topological polar surface area (TPSA) is 100 Å². The predicted molar refractivity (Wildman–Crippen MR) is 81.0 cm³/mol. The van der Waals surface area contributed by atoms with Crippen LogP contribution in [-0.4, -0.2) is 28.3 Å². The van der Waals surface area contributed by atoms with Gasteiger partial charge in [-0.1, -0.05) is 23.4 Å². The number of azo groups is 1. The van der Waals surface area contributed by atoms with E-state index < -0.39 is 18.1 Å². The molecule has 2 aromatic rings. The Balaban J connectivity index is 2.12. The Labute approximate surface area is 128 Å². The van der Waals surface area contributed by atoms with Crippen LogP contribution in [0.15, 0.2) is 45.1 Å². The fourth-order valence-electron chi connectivity index (χ4n) is 1.81. The van der Waals surface area contributed by atoms with Crippen molar-refractivity contribution in [1.82, 2.24) is 5.16 Å². The van der Waals surface area contributed by atoms with Gasteiger partial charge in [0.2, 0.25) is 5.82 Å². The van der Waals surface area contributed by atoms with Crippen LogP contribution in [0.4, 0.5) is 11.5 Å². The van der Waals surface area contributed by atoms with Gasteiger partial charge in [0.25, 0.3) is 5.91 Å². The molecule has 2 atom stereocenters. The monoisotopic (exact) mass is 302 g/mol. The number of hydrogen-bond donors (Lipinski definition) is 2. The molecule has 7 nitrogen and oxygen atoms in total. The molecule has 2 rings (SSSR count). The first kappa shape index (κ1) is 15.8. The minimum Gasteiger partial charge on any atom is -0.391 e. The van der Waals surface area contributed by atoms with E-state index in [0.29, 0.717) is 11.4 Å². The van der Waals surface area contributed by atoms with Gasteiger partial charge in [0.15, 0.2) is 6.04 Å². The summed E-state index contributed by atoms with van der Waals surface area (Å²) >= 11 is 0. The van der Waals surface area contributed by atoms with E-state index in [0.717, 1.165) is 5.56 Å². The van der Waals surface area contributed by atoms with E-state index in [-0.39, 0.29) is 5.82 Å². The molecule has 2 N–H and O–H groups in total. The summed E-state index contributed by atoms with van der Waals surface area (Å²) in [7, 11) is 0. The molecule has 0 saturated heterocycles. The molecule has 0 spiro atoms. The standard InChI is InChI=1S/C15H18N4O3/c1-9-6-4-5-7-12(9)16-15(21)14(11(3)20)18-17-13-8-10(2)22-19-13/h4-8,11,14,20H,1-3H3,(H,16,21). The molecule has 0 aliphatic carbocycles. The number of amides is 1. The SMILES string of the molecule is Cc1cc(N=NC(C(=O)Nc2ccccc2C)C(C)O)no1. The van der Waals surface area contributed by atoms with E-state index in [1.807, 2.05) is 25.1 Å². The third kappa shape index (κ3) is 3.98. The van der Waals surface area contributed by atoms with Crippen molar-refractivity contribution in [1.29, 1.82) is 0 Å². The van der Waals surface area contributed by atoms with Gasteiger partial charge in [-0.05, 0) is 32.4 Å². The van der Waals surface area contributed by atoms with E-state index in [1.165, 1.54) is 6.92 Å². The summed E-state index contributed by atoms with van der Waals surface area (Å²) in [6.45, 7) is 5.09. The fraction of sp³-hybridized carbons (Fsp3) is 0.333. The van der Waals surface area contributed by atoms with Gasteiger partial charge in [-0.25, -0.2) is 0 Å². The average Bonchev–Trinajstić information content (AvgIpc) is 2.87. The van der Waals surface area contributed by atoms with Crippen LogP contribution in [0.25, 0.3) is 0 Å². The Morgan fingerprint density at radius 3 is 2.68 bits per heavy atom. The Hall–Kier alpha value is -2.54. The molecule has 0 aliphatic heterocycles. The highest BCUT2D eigenvalue weighted by molar-refractivity contribution is 5.95. The lowest BCUT2D eigenvalue weighted by molar-refractivity contribution is -0.119.